The number of rotatable bonds is 16. The van der Waals surface area contributed by atoms with E-state index >= 15 is 0 Å². The van der Waals surface area contributed by atoms with Crippen LogP contribution in [-0.2, 0) is 0 Å². The van der Waals surface area contributed by atoms with Crippen molar-refractivity contribution in [2.45, 2.75) is 93.4 Å². The summed E-state index contributed by atoms with van der Waals surface area (Å²) < 4.78 is 0. The summed E-state index contributed by atoms with van der Waals surface area (Å²) in [5.41, 5.74) is 0. The van der Waals surface area contributed by atoms with Gasteiger partial charge in [0.2, 0.25) is 0 Å². The molecule has 4 fully saturated rings. The van der Waals surface area contributed by atoms with Gasteiger partial charge >= 0.3 is 325 Å². The van der Waals surface area contributed by atoms with Crippen molar-refractivity contribution < 1.29 is 0 Å². The van der Waals surface area contributed by atoms with Crippen LogP contribution in [-0.4, -0.2) is 101 Å². The van der Waals surface area contributed by atoms with Crippen LogP contribution in [0, 0.1) is 0 Å². The molecule has 4 aliphatic rings. The zero-order chi connectivity index (χ0) is 28.9. The van der Waals surface area contributed by atoms with Crippen molar-refractivity contribution in [3.63, 3.8) is 0 Å². The first-order valence-corrected chi connectivity index (χ1v) is 43.9. The molecule has 0 aromatic rings. The van der Waals surface area contributed by atoms with E-state index in [1.54, 1.807) is 0 Å². The van der Waals surface area contributed by atoms with Crippen LogP contribution >= 0.6 is 173 Å². The predicted molar refractivity (Wildman–Crippen MR) is 239 cm³/mol. The van der Waals surface area contributed by atoms with Crippen LogP contribution in [0.15, 0.2) is 0 Å². The van der Waals surface area contributed by atoms with E-state index < -0.39 is 12.8 Å². The molecular formula is C24H44S16Sn. The van der Waals surface area contributed by atoms with Gasteiger partial charge in [-0.3, -0.25) is 0 Å². The van der Waals surface area contributed by atoms with Gasteiger partial charge in [0, 0.05) is 0 Å². The Balaban J connectivity index is 1.68. The molecule has 0 amide bonds. The van der Waals surface area contributed by atoms with E-state index in [4.69, 9.17) is 50.5 Å². The quantitative estimate of drug-likeness (QED) is 0.0662. The Hall–Kier alpha value is 6.40. The van der Waals surface area contributed by atoms with E-state index in [1.807, 2.05) is 0 Å². The fourth-order valence-electron chi connectivity index (χ4n) is 4.93. The molecule has 4 rings (SSSR count). The molecule has 8 unspecified atom stereocenters. The third kappa shape index (κ3) is 13.5. The molecule has 0 aromatic carbocycles. The SMILES string of the molecule is SCC([S][Sn]([S]C(CS)C1CCCSS1)([S]C(CS)C1CCCSS1)[S]C(CS)C1CCCSS1)C1CCCSS1. The van der Waals surface area contributed by atoms with Crippen LogP contribution < -0.4 is 0 Å². The van der Waals surface area contributed by atoms with Gasteiger partial charge in [0.25, 0.3) is 0 Å². The molecule has 4 heterocycles. The molecule has 41 heavy (non-hydrogen) atoms. The van der Waals surface area contributed by atoms with Crippen LogP contribution in [0.1, 0.15) is 51.4 Å². The Kier molecular flexibility index (Phi) is 22.6. The predicted octanol–water partition coefficient (Wildman–Crippen LogP) is 11.7. The topological polar surface area (TPSA) is 0 Å². The molecule has 4 aliphatic heterocycles. The van der Waals surface area contributed by atoms with Crippen molar-refractivity contribution >= 4 is 185 Å². The van der Waals surface area contributed by atoms with Crippen LogP contribution in [0.2, 0.25) is 0 Å². The van der Waals surface area contributed by atoms with Gasteiger partial charge in [-0.05, 0) is 0 Å². The maximum absolute atomic E-state index is 5.08. The van der Waals surface area contributed by atoms with Crippen molar-refractivity contribution in [2.24, 2.45) is 0 Å². The Morgan fingerprint density at radius 1 is 0.463 bits per heavy atom. The first kappa shape index (κ1) is 40.2. The van der Waals surface area contributed by atoms with Gasteiger partial charge in [-0.1, -0.05) is 0 Å². The molecule has 0 saturated carbocycles. The second-order valence-corrected chi connectivity index (χ2v) is 63.7. The first-order valence-electron chi connectivity index (χ1n) is 14.4. The van der Waals surface area contributed by atoms with E-state index in [0.29, 0.717) is 21.0 Å². The molecule has 0 aromatic heterocycles. The molecule has 0 spiro atoms. The number of hydrogen-bond donors (Lipinski definition) is 4. The van der Waals surface area contributed by atoms with Crippen LogP contribution in [0.25, 0.3) is 0 Å². The van der Waals surface area contributed by atoms with Gasteiger partial charge in [-0.15, -0.1) is 0 Å². The Labute approximate surface area is 319 Å². The third-order valence-electron chi connectivity index (χ3n) is 7.19. The summed E-state index contributed by atoms with van der Waals surface area (Å²) in [5, 5.41) is 5.45. The summed E-state index contributed by atoms with van der Waals surface area (Å²) in [7, 11) is 27.2. The first-order chi connectivity index (χ1) is 20.1. The molecule has 4 saturated heterocycles. The molecule has 240 valence electrons. The summed E-state index contributed by atoms with van der Waals surface area (Å²) >= 11 is 17.2. The monoisotopic (exact) mass is 964 g/mol. The average Bonchev–Trinajstić information content (AvgIpc) is 3.05. The molecule has 8 atom stereocenters. The van der Waals surface area contributed by atoms with Crippen molar-refractivity contribution in [3.8, 4) is 0 Å². The van der Waals surface area contributed by atoms with Crippen molar-refractivity contribution in [3.05, 3.63) is 0 Å². The summed E-state index contributed by atoms with van der Waals surface area (Å²) in [6, 6.07) is 0. The average molecular weight is 964 g/mol. The van der Waals surface area contributed by atoms with Crippen molar-refractivity contribution in [1.82, 2.24) is 0 Å². The normalized spacial score (nSPS) is 32.5. The van der Waals surface area contributed by atoms with E-state index in [0.717, 1.165) is 44.0 Å². The van der Waals surface area contributed by atoms with Gasteiger partial charge in [-0.2, -0.15) is 0 Å². The second-order valence-electron chi connectivity index (χ2n) is 10.3. The van der Waals surface area contributed by atoms with Crippen molar-refractivity contribution in [1.29, 1.82) is 0 Å². The molecule has 0 radical (unpaired) electrons. The Bertz CT molecular complexity index is 582. The summed E-state index contributed by atoms with van der Waals surface area (Å²) in [6.45, 7) is 0. The van der Waals surface area contributed by atoms with E-state index in [2.05, 4.69) is 122 Å². The van der Waals surface area contributed by atoms with Gasteiger partial charge in [0.1, 0.15) is 0 Å². The molecular weight excluding hydrogens is 920 g/mol. The minimum atomic E-state index is -3.15. The van der Waals surface area contributed by atoms with E-state index in [1.165, 1.54) is 74.4 Å². The standard InChI is InChI=1S/4C6H12S4.Sn/c4*7-4-5(8)6-2-1-3-9-10-6;/h4*5-8H,1-4H2;/q;;;;+4/p-4. The number of hydrogen-bond acceptors (Lipinski definition) is 16. The summed E-state index contributed by atoms with van der Waals surface area (Å²) in [5.74, 6) is 9.26. The number of thiol groups is 4. The van der Waals surface area contributed by atoms with Crippen LogP contribution in [0.3, 0.4) is 0 Å². The van der Waals surface area contributed by atoms with Crippen molar-refractivity contribution in [2.75, 3.05) is 46.0 Å². The fourth-order valence-corrected chi connectivity index (χ4v) is 93.2. The van der Waals surface area contributed by atoms with E-state index in [9.17, 15) is 0 Å². The summed E-state index contributed by atoms with van der Waals surface area (Å²) in [6.07, 6.45) is 10.9. The third-order valence-corrected chi connectivity index (χ3v) is 70.5. The second kappa shape index (κ2) is 23.1. The van der Waals surface area contributed by atoms with Crippen LogP contribution in [0.4, 0.5) is 0 Å². The zero-order valence-electron chi connectivity index (χ0n) is 23.1. The van der Waals surface area contributed by atoms with Gasteiger partial charge < -0.3 is 0 Å². The van der Waals surface area contributed by atoms with Crippen LogP contribution in [0.5, 0.6) is 0 Å². The minimum absolute atomic E-state index is 0.635. The maximum atomic E-state index is 5.08. The molecule has 0 nitrogen and oxygen atoms in total. The van der Waals surface area contributed by atoms with E-state index in [-0.39, 0.29) is 0 Å². The Morgan fingerprint density at radius 2 is 0.707 bits per heavy atom. The molecule has 0 aliphatic carbocycles. The van der Waals surface area contributed by atoms with Gasteiger partial charge in [0.15, 0.2) is 0 Å². The van der Waals surface area contributed by atoms with Gasteiger partial charge in [-0.25, -0.2) is 0 Å². The Morgan fingerprint density at radius 3 is 0.878 bits per heavy atom. The molecule has 0 bridgehead atoms. The molecule has 17 heteroatoms. The van der Waals surface area contributed by atoms with Gasteiger partial charge in [0.05, 0.1) is 0 Å². The summed E-state index contributed by atoms with van der Waals surface area (Å²) in [4.78, 5) is 0. The zero-order valence-corrected chi connectivity index (χ0v) is 39.4. The fraction of sp³-hybridized carbons (Fsp3) is 1.00. The molecule has 0 N–H and O–H groups in total.